The highest BCUT2D eigenvalue weighted by atomic mass is 32.2. The molecule has 0 spiro atoms. The van der Waals surface area contributed by atoms with E-state index in [0.29, 0.717) is 22.1 Å². The molecule has 7 nitrogen and oxygen atoms in total. The number of aryl methyl sites for hydroxylation is 1. The Bertz CT molecular complexity index is 737. The second-order valence-electron chi connectivity index (χ2n) is 4.95. The van der Waals surface area contributed by atoms with Crippen LogP contribution in [0.3, 0.4) is 0 Å². The Morgan fingerprint density at radius 1 is 1.48 bits per heavy atom. The van der Waals surface area contributed by atoms with Crippen LogP contribution in [0.1, 0.15) is 24.3 Å². The topological polar surface area (TPSA) is 89.7 Å². The second-order valence-corrected chi connectivity index (χ2v) is 8.17. The van der Waals surface area contributed by atoms with E-state index >= 15 is 0 Å². The predicted octanol–water partition coefficient (Wildman–Crippen LogP) is 2.19. The number of hydrogen-bond donors (Lipinski definition) is 0. The molecule has 0 unspecified atom stereocenters. The Labute approximate surface area is 138 Å². The standard InChI is InChI=1S/C14H18N2O5S2/c1-11-9-12(15-21-11)10-20-13(17)5-3-7-16(2)23(18,19)14-6-4-8-22-14/h4,6,8-9H,3,5,7,10H2,1-2H3. The number of carbonyl (C=O) groups excluding carboxylic acids is 1. The van der Waals surface area contributed by atoms with Crippen molar-refractivity contribution in [3.63, 3.8) is 0 Å². The van der Waals surface area contributed by atoms with Crippen LogP contribution in [0.4, 0.5) is 0 Å². The van der Waals surface area contributed by atoms with Crippen LogP contribution in [-0.2, 0) is 26.2 Å². The van der Waals surface area contributed by atoms with Gasteiger partial charge >= 0.3 is 5.97 Å². The van der Waals surface area contributed by atoms with Gasteiger partial charge in [-0.05, 0) is 24.8 Å². The van der Waals surface area contributed by atoms with Gasteiger partial charge in [0, 0.05) is 26.1 Å². The van der Waals surface area contributed by atoms with E-state index < -0.39 is 16.0 Å². The monoisotopic (exact) mass is 358 g/mol. The fourth-order valence-electron chi connectivity index (χ4n) is 1.84. The molecular formula is C14H18N2O5S2. The number of hydrogen-bond acceptors (Lipinski definition) is 7. The zero-order chi connectivity index (χ0) is 16.9. The molecule has 2 heterocycles. The third kappa shape index (κ3) is 4.88. The van der Waals surface area contributed by atoms with E-state index in [1.807, 2.05) is 0 Å². The van der Waals surface area contributed by atoms with Crippen LogP contribution in [0.2, 0.25) is 0 Å². The van der Waals surface area contributed by atoms with E-state index in [1.165, 1.54) is 22.7 Å². The van der Waals surface area contributed by atoms with Crippen molar-refractivity contribution in [3.05, 3.63) is 35.0 Å². The smallest absolute Gasteiger partial charge is 0.306 e. The van der Waals surface area contributed by atoms with Crippen LogP contribution >= 0.6 is 11.3 Å². The number of ether oxygens (including phenoxy) is 1. The fourth-order valence-corrected chi connectivity index (χ4v) is 4.25. The van der Waals surface area contributed by atoms with E-state index in [2.05, 4.69) is 5.16 Å². The molecule has 0 amide bonds. The Morgan fingerprint density at radius 2 is 2.26 bits per heavy atom. The lowest BCUT2D eigenvalue weighted by Crippen LogP contribution is -2.27. The lowest BCUT2D eigenvalue weighted by Gasteiger charge is -2.15. The van der Waals surface area contributed by atoms with E-state index in [1.54, 1.807) is 30.5 Å². The van der Waals surface area contributed by atoms with Gasteiger partial charge in [0.1, 0.15) is 22.3 Å². The zero-order valence-electron chi connectivity index (χ0n) is 12.9. The predicted molar refractivity (Wildman–Crippen MR) is 84.4 cm³/mol. The van der Waals surface area contributed by atoms with Crippen molar-refractivity contribution in [2.24, 2.45) is 0 Å². The van der Waals surface area contributed by atoms with Gasteiger partial charge in [0.15, 0.2) is 0 Å². The summed E-state index contributed by atoms with van der Waals surface area (Å²) in [5.74, 6) is 0.254. The molecule has 0 aliphatic carbocycles. The number of esters is 1. The summed E-state index contributed by atoms with van der Waals surface area (Å²) in [6.45, 7) is 2.06. The minimum absolute atomic E-state index is 0.0551. The third-order valence-electron chi connectivity index (χ3n) is 3.07. The van der Waals surface area contributed by atoms with Crippen LogP contribution in [0.15, 0.2) is 32.3 Å². The highest BCUT2D eigenvalue weighted by Gasteiger charge is 2.21. The van der Waals surface area contributed by atoms with Crippen molar-refractivity contribution in [2.45, 2.75) is 30.6 Å². The van der Waals surface area contributed by atoms with Gasteiger partial charge in [-0.15, -0.1) is 11.3 Å². The molecule has 126 valence electrons. The molecule has 2 aromatic rings. The lowest BCUT2D eigenvalue weighted by atomic mass is 10.3. The highest BCUT2D eigenvalue weighted by molar-refractivity contribution is 7.91. The van der Waals surface area contributed by atoms with Crippen molar-refractivity contribution in [2.75, 3.05) is 13.6 Å². The molecule has 0 aromatic carbocycles. The molecule has 0 N–H and O–H groups in total. The number of rotatable bonds is 8. The first-order chi connectivity index (χ1) is 10.9. The first-order valence-electron chi connectivity index (χ1n) is 6.97. The Kier molecular flexibility index (Phi) is 5.91. The van der Waals surface area contributed by atoms with Gasteiger partial charge in [-0.3, -0.25) is 4.79 Å². The molecule has 2 aromatic heterocycles. The van der Waals surface area contributed by atoms with Crippen LogP contribution in [0.25, 0.3) is 0 Å². The number of thiophene rings is 1. The molecule has 0 aliphatic heterocycles. The molecular weight excluding hydrogens is 340 g/mol. The Balaban J connectivity index is 1.73. The maximum atomic E-state index is 12.2. The number of carbonyl (C=O) groups is 1. The molecule has 9 heteroatoms. The van der Waals surface area contributed by atoms with Crippen molar-refractivity contribution in [3.8, 4) is 0 Å². The Hall–Kier alpha value is -1.71. The molecule has 0 aliphatic rings. The van der Waals surface area contributed by atoms with Crippen molar-refractivity contribution in [1.29, 1.82) is 0 Å². The maximum Gasteiger partial charge on any atom is 0.306 e. The zero-order valence-corrected chi connectivity index (χ0v) is 14.5. The number of nitrogens with zero attached hydrogens (tertiary/aromatic N) is 2. The summed E-state index contributed by atoms with van der Waals surface area (Å²) in [7, 11) is -1.97. The molecule has 0 saturated heterocycles. The van der Waals surface area contributed by atoms with Gasteiger partial charge in [-0.1, -0.05) is 11.2 Å². The van der Waals surface area contributed by atoms with E-state index in [0.717, 1.165) is 0 Å². The van der Waals surface area contributed by atoms with Crippen molar-refractivity contribution < 1.29 is 22.5 Å². The summed E-state index contributed by atoms with van der Waals surface area (Å²) >= 11 is 1.17. The van der Waals surface area contributed by atoms with Crippen LogP contribution < -0.4 is 0 Å². The van der Waals surface area contributed by atoms with Gasteiger partial charge in [0.05, 0.1) is 0 Å². The summed E-state index contributed by atoms with van der Waals surface area (Å²) in [5, 5.41) is 5.43. The second kappa shape index (κ2) is 7.71. The van der Waals surface area contributed by atoms with E-state index in [4.69, 9.17) is 9.26 Å². The van der Waals surface area contributed by atoms with Crippen LogP contribution in [-0.4, -0.2) is 37.4 Å². The van der Waals surface area contributed by atoms with E-state index in [9.17, 15) is 13.2 Å². The summed E-state index contributed by atoms with van der Waals surface area (Å²) in [5.41, 5.74) is 0.549. The SMILES string of the molecule is Cc1cc(COC(=O)CCCN(C)S(=O)(=O)c2cccs2)no1. The van der Waals surface area contributed by atoms with E-state index in [-0.39, 0.29) is 19.6 Å². The molecule has 0 saturated carbocycles. The van der Waals surface area contributed by atoms with Gasteiger partial charge in [-0.2, -0.15) is 0 Å². The fraction of sp³-hybridized carbons (Fsp3) is 0.429. The number of sulfonamides is 1. The first-order valence-corrected chi connectivity index (χ1v) is 9.29. The average Bonchev–Trinajstić information content (AvgIpc) is 3.16. The first kappa shape index (κ1) is 17.6. The van der Waals surface area contributed by atoms with Crippen molar-refractivity contribution in [1.82, 2.24) is 9.46 Å². The minimum atomic E-state index is -3.47. The van der Waals surface area contributed by atoms with Crippen LogP contribution in [0, 0.1) is 6.92 Å². The summed E-state index contributed by atoms with van der Waals surface area (Å²) < 4.78 is 35.8. The third-order valence-corrected chi connectivity index (χ3v) is 6.30. The number of aromatic nitrogens is 1. The molecule has 0 radical (unpaired) electrons. The van der Waals surface area contributed by atoms with Gasteiger partial charge in [0.2, 0.25) is 0 Å². The van der Waals surface area contributed by atoms with Gasteiger partial charge in [-0.25, -0.2) is 12.7 Å². The van der Waals surface area contributed by atoms with Gasteiger partial charge < -0.3 is 9.26 Å². The summed E-state index contributed by atoms with van der Waals surface area (Å²) in [4.78, 5) is 11.6. The highest BCUT2D eigenvalue weighted by Crippen LogP contribution is 2.20. The molecule has 2 rings (SSSR count). The van der Waals surface area contributed by atoms with Crippen LogP contribution in [0.5, 0.6) is 0 Å². The normalized spacial score (nSPS) is 11.8. The molecule has 23 heavy (non-hydrogen) atoms. The average molecular weight is 358 g/mol. The Morgan fingerprint density at radius 3 is 2.87 bits per heavy atom. The molecule has 0 bridgehead atoms. The largest absolute Gasteiger partial charge is 0.459 e. The summed E-state index contributed by atoms with van der Waals surface area (Å²) in [6.07, 6.45) is 0.527. The quantitative estimate of drug-likeness (QED) is 0.672. The molecule has 0 fully saturated rings. The lowest BCUT2D eigenvalue weighted by molar-refractivity contribution is -0.145. The van der Waals surface area contributed by atoms with Crippen molar-refractivity contribution >= 4 is 27.3 Å². The molecule has 0 atom stereocenters. The summed E-state index contributed by atoms with van der Waals surface area (Å²) in [6, 6.07) is 4.94. The maximum absolute atomic E-state index is 12.2. The van der Waals surface area contributed by atoms with Gasteiger partial charge in [0.25, 0.3) is 10.0 Å². The minimum Gasteiger partial charge on any atom is -0.459 e.